The summed E-state index contributed by atoms with van der Waals surface area (Å²) in [7, 11) is 0. The highest BCUT2D eigenvalue weighted by Gasteiger charge is 2.33. The van der Waals surface area contributed by atoms with Gasteiger partial charge in [-0.05, 0) is 36.8 Å². The van der Waals surface area contributed by atoms with Gasteiger partial charge in [-0.3, -0.25) is 0 Å². The lowest BCUT2D eigenvalue weighted by Gasteiger charge is -2.36. The molecule has 21 heavy (non-hydrogen) atoms. The smallest absolute Gasteiger partial charge is 0.00778 e. The van der Waals surface area contributed by atoms with Crippen LogP contribution in [-0.4, -0.2) is 13.1 Å². The third kappa shape index (κ3) is 4.57. The molecule has 1 heteroatoms. The Morgan fingerprint density at radius 3 is 2.38 bits per heavy atom. The number of hydrogen-bond acceptors (Lipinski definition) is 1. The Morgan fingerprint density at radius 1 is 1.14 bits per heavy atom. The van der Waals surface area contributed by atoms with Gasteiger partial charge in [0.2, 0.25) is 0 Å². The van der Waals surface area contributed by atoms with Crippen molar-refractivity contribution in [1.82, 2.24) is 5.32 Å². The van der Waals surface area contributed by atoms with Crippen LogP contribution >= 0.6 is 0 Å². The Balaban J connectivity index is 2.13. The van der Waals surface area contributed by atoms with Crippen molar-refractivity contribution in [2.24, 2.45) is 11.8 Å². The van der Waals surface area contributed by atoms with Crippen molar-refractivity contribution in [1.29, 1.82) is 0 Å². The molecule has 1 atom stereocenters. The summed E-state index contributed by atoms with van der Waals surface area (Å²) in [6.45, 7) is 9.21. The van der Waals surface area contributed by atoms with E-state index in [0.717, 1.165) is 24.9 Å². The van der Waals surface area contributed by atoms with Gasteiger partial charge < -0.3 is 5.32 Å². The summed E-state index contributed by atoms with van der Waals surface area (Å²) in [6, 6.07) is 11.2. The molecule has 1 saturated carbocycles. The van der Waals surface area contributed by atoms with Crippen LogP contribution in [-0.2, 0) is 5.41 Å². The first-order valence-corrected chi connectivity index (χ1v) is 8.92. The molecule has 1 aliphatic carbocycles. The quantitative estimate of drug-likeness (QED) is 0.696. The maximum absolute atomic E-state index is 3.75. The van der Waals surface area contributed by atoms with E-state index in [0.29, 0.717) is 5.41 Å². The highest BCUT2D eigenvalue weighted by molar-refractivity contribution is 5.26. The Hall–Kier alpha value is -0.820. The maximum atomic E-state index is 3.75. The highest BCUT2D eigenvalue weighted by atomic mass is 14.9. The van der Waals surface area contributed by atoms with Crippen molar-refractivity contribution in [2.75, 3.05) is 13.1 Å². The first kappa shape index (κ1) is 16.5. The molecule has 1 fully saturated rings. The van der Waals surface area contributed by atoms with Crippen LogP contribution in [0.2, 0.25) is 0 Å². The van der Waals surface area contributed by atoms with E-state index in [1.54, 1.807) is 0 Å². The van der Waals surface area contributed by atoms with Crippen molar-refractivity contribution in [2.45, 2.75) is 64.7 Å². The zero-order chi connectivity index (χ0) is 15.1. The SMILES string of the molecule is CCC(CNCC(C)C)(CC1CCCC1)c1ccccc1. The summed E-state index contributed by atoms with van der Waals surface area (Å²) < 4.78 is 0. The van der Waals surface area contributed by atoms with Gasteiger partial charge in [0.25, 0.3) is 0 Å². The zero-order valence-electron chi connectivity index (χ0n) is 14.2. The van der Waals surface area contributed by atoms with E-state index in [4.69, 9.17) is 0 Å². The lowest BCUT2D eigenvalue weighted by Crippen LogP contribution is -2.40. The molecular weight excluding hydrogens is 254 g/mol. The van der Waals surface area contributed by atoms with Crippen molar-refractivity contribution >= 4 is 0 Å². The summed E-state index contributed by atoms with van der Waals surface area (Å²) in [5.41, 5.74) is 1.86. The molecular formula is C20H33N. The van der Waals surface area contributed by atoms with E-state index < -0.39 is 0 Å². The number of benzene rings is 1. The molecule has 0 bridgehead atoms. The second-order valence-corrected chi connectivity index (χ2v) is 7.38. The van der Waals surface area contributed by atoms with Gasteiger partial charge in [-0.15, -0.1) is 0 Å². The van der Waals surface area contributed by atoms with E-state index in [2.05, 4.69) is 56.4 Å². The molecule has 0 heterocycles. The summed E-state index contributed by atoms with van der Waals surface area (Å²) in [5.74, 6) is 1.66. The third-order valence-corrected chi connectivity index (χ3v) is 5.23. The highest BCUT2D eigenvalue weighted by Crippen LogP contribution is 2.40. The van der Waals surface area contributed by atoms with Crippen LogP contribution in [0, 0.1) is 11.8 Å². The van der Waals surface area contributed by atoms with E-state index in [1.807, 2.05) is 0 Å². The third-order valence-electron chi connectivity index (χ3n) is 5.23. The normalized spacial score (nSPS) is 19.0. The molecule has 1 nitrogen and oxygen atoms in total. The fraction of sp³-hybridized carbons (Fsp3) is 0.700. The molecule has 118 valence electrons. The molecule has 1 aliphatic rings. The Morgan fingerprint density at radius 2 is 1.81 bits per heavy atom. The van der Waals surface area contributed by atoms with Crippen molar-refractivity contribution < 1.29 is 0 Å². The minimum absolute atomic E-state index is 0.325. The molecule has 0 aliphatic heterocycles. The molecule has 1 N–H and O–H groups in total. The van der Waals surface area contributed by atoms with Gasteiger partial charge in [-0.1, -0.05) is 76.8 Å². The van der Waals surface area contributed by atoms with Gasteiger partial charge in [-0.2, -0.15) is 0 Å². The standard InChI is InChI=1S/C20H33N/c1-4-20(16-21-15-17(2)3,14-18-10-8-9-11-18)19-12-6-5-7-13-19/h5-7,12-13,17-18,21H,4,8-11,14-16H2,1-3H3. The van der Waals surface area contributed by atoms with Crippen LogP contribution in [0.15, 0.2) is 30.3 Å². The van der Waals surface area contributed by atoms with Gasteiger partial charge in [-0.25, -0.2) is 0 Å². The van der Waals surface area contributed by atoms with E-state index in [9.17, 15) is 0 Å². The van der Waals surface area contributed by atoms with Crippen LogP contribution in [0.4, 0.5) is 0 Å². The lowest BCUT2D eigenvalue weighted by atomic mass is 9.71. The Labute approximate surface area is 131 Å². The molecule has 0 radical (unpaired) electrons. The van der Waals surface area contributed by atoms with E-state index in [1.165, 1.54) is 44.1 Å². The molecule has 0 amide bonds. The van der Waals surface area contributed by atoms with Crippen molar-refractivity contribution in [3.63, 3.8) is 0 Å². The lowest BCUT2D eigenvalue weighted by molar-refractivity contribution is 0.288. The number of nitrogens with one attached hydrogen (secondary N) is 1. The molecule has 1 aromatic rings. The van der Waals surface area contributed by atoms with E-state index >= 15 is 0 Å². The average molecular weight is 287 g/mol. The molecule has 0 aromatic heterocycles. The van der Waals surface area contributed by atoms with Crippen LogP contribution < -0.4 is 5.32 Å². The van der Waals surface area contributed by atoms with Crippen LogP contribution in [0.3, 0.4) is 0 Å². The summed E-state index contributed by atoms with van der Waals surface area (Å²) in [4.78, 5) is 0. The number of rotatable bonds is 8. The van der Waals surface area contributed by atoms with Crippen molar-refractivity contribution in [3.05, 3.63) is 35.9 Å². The summed E-state index contributed by atoms with van der Waals surface area (Å²) >= 11 is 0. The zero-order valence-corrected chi connectivity index (χ0v) is 14.2. The molecule has 1 aromatic carbocycles. The maximum Gasteiger partial charge on any atom is 0.00778 e. The van der Waals surface area contributed by atoms with E-state index in [-0.39, 0.29) is 0 Å². The predicted octanol–water partition coefficient (Wildman–Crippen LogP) is 5.16. The first-order chi connectivity index (χ1) is 10.2. The Kier molecular flexibility index (Phi) is 6.29. The second-order valence-electron chi connectivity index (χ2n) is 7.38. The van der Waals surface area contributed by atoms with Gasteiger partial charge in [0.05, 0.1) is 0 Å². The molecule has 0 saturated heterocycles. The van der Waals surface area contributed by atoms with Gasteiger partial charge in [0.15, 0.2) is 0 Å². The minimum atomic E-state index is 0.325. The summed E-state index contributed by atoms with van der Waals surface area (Å²) in [5, 5.41) is 3.75. The second kappa shape index (κ2) is 7.98. The topological polar surface area (TPSA) is 12.0 Å². The van der Waals surface area contributed by atoms with Crippen LogP contribution in [0.25, 0.3) is 0 Å². The minimum Gasteiger partial charge on any atom is -0.316 e. The number of hydrogen-bond donors (Lipinski definition) is 1. The average Bonchev–Trinajstić information content (AvgIpc) is 2.99. The molecule has 0 spiro atoms. The fourth-order valence-corrected chi connectivity index (χ4v) is 3.92. The Bertz CT molecular complexity index is 392. The summed E-state index contributed by atoms with van der Waals surface area (Å²) in [6.07, 6.45) is 8.37. The first-order valence-electron chi connectivity index (χ1n) is 8.92. The van der Waals surface area contributed by atoms with Crippen LogP contribution in [0.1, 0.15) is 64.9 Å². The van der Waals surface area contributed by atoms with Gasteiger partial charge in [0.1, 0.15) is 0 Å². The van der Waals surface area contributed by atoms with Crippen LogP contribution in [0.5, 0.6) is 0 Å². The predicted molar refractivity (Wildman–Crippen MR) is 92.7 cm³/mol. The fourth-order valence-electron chi connectivity index (χ4n) is 3.92. The van der Waals surface area contributed by atoms with Gasteiger partial charge in [0, 0.05) is 12.0 Å². The largest absolute Gasteiger partial charge is 0.316 e. The molecule has 1 unspecified atom stereocenters. The van der Waals surface area contributed by atoms with Gasteiger partial charge >= 0.3 is 0 Å². The van der Waals surface area contributed by atoms with Crippen molar-refractivity contribution in [3.8, 4) is 0 Å². The monoisotopic (exact) mass is 287 g/mol. The molecule has 2 rings (SSSR count).